The van der Waals surface area contributed by atoms with Gasteiger partial charge in [0.2, 0.25) is 0 Å². The van der Waals surface area contributed by atoms with Crippen LogP contribution in [0.25, 0.3) is 11.3 Å². The smallest absolute Gasteiger partial charge is 0.273 e. The maximum Gasteiger partial charge on any atom is 0.273 e. The van der Waals surface area contributed by atoms with Crippen molar-refractivity contribution in [3.8, 4) is 11.3 Å². The fraction of sp³-hybridized carbons (Fsp3) is 0.348. The van der Waals surface area contributed by atoms with Crippen LogP contribution in [0.4, 0.5) is 5.69 Å². The fourth-order valence-corrected chi connectivity index (χ4v) is 5.83. The molecule has 2 aromatic rings. The molecule has 1 saturated heterocycles. The quantitative estimate of drug-likeness (QED) is 0.248. The van der Waals surface area contributed by atoms with Crippen LogP contribution in [0.3, 0.4) is 0 Å². The number of nitro benzene ring substituents is 1. The lowest BCUT2D eigenvalue weighted by molar-refractivity contribution is -0.385. The molecule has 8 heteroatoms. The first-order valence-corrected chi connectivity index (χ1v) is 10.4. The van der Waals surface area contributed by atoms with Crippen LogP contribution in [0.5, 0.6) is 0 Å². The molecule has 1 spiro atoms. The molecule has 2 bridgehead atoms. The maximum atomic E-state index is 12.9. The molecule has 0 N–H and O–H groups in total. The number of nitro groups is 1. The standard InChI is InChI=1S/C23H19N3O5/c1-12-2-3-13(10-17(12)26(29)30)18-7-4-14(31-18)11-24-25-21(27)19-15-5-6-16(20(19)22(25)28)23(15)8-9-23/h2-7,10-11,15-16,19-20H,8-9H2,1H3/b24-11-/t15-,16-,19-,20+/m1/s1. The highest BCUT2D eigenvalue weighted by Crippen LogP contribution is 2.73. The monoisotopic (exact) mass is 417 g/mol. The number of allylic oxidation sites excluding steroid dienone is 2. The number of fused-ring (bicyclic) bond motifs is 3. The van der Waals surface area contributed by atoms with E-state index in [-0.39, 0.29) is 46.6 Å². The van der Waals surface area contributed by atoms with Crippen LogP contribution in [0.2, 0.25) is 0 Å². The molecule has 8 nitrogen and oxygen atoms in total. The Kier molecular flexibility index (Phi) is 3.53. The largest absolute Gasteiger partial charge is 0.455 e. The Morgan fingerprint density at radius 1 is 1.13 bits per heavy atom. The minimum atomic E-state index is -0.431. The van der Waals surface area contributed by atoms with E-state index in [0.717, 1.165) is 17.9 Å². The zero-order chi connectivity index (χ0) is 21.5. The Labute approximate surface area is 177 Å². The molecule has 2 amide bonds. The number of carbonyl (C=O) groups excluding carboxylic acids is 2. The zero-order valence-corrected chi connectivity index (χ0v) is 16.7. The number of furan rings is 1. The Morgan fingerprint density at radius 3 is 2.42 bits per heavy atom. The number of imide groups is 1. The predicted molar refractivity (Wildman–Crippen MR) is 110 cm³/mol. The summed E-state index contributed by atoms with van der Waals surface area (Å²) in [5.74, 6) is 0.0860. The van der Waals surface area contributed by atoms with E-state index in [1.165, 1.54) is 12.3 Å². The summed E-state index contributed by atoms with van der Waals surface area (Å²) in [6.45, 7) is 1.67. The lowest BCUT2D eigenvalue weighted by Gasteiger charge is -2.18. The number of aryl methyl sites for hydroxylation is 1. The molecule has 0 unspecified atom stereocenters. The van der Waals surface area contributed by atoms with Crippen molar-refractivity contribution >= 4 is 23.7 Å². The predicted octanol–water partition coefficient (Wildman–Crippen LogP) is 3.69. The number of benzene rings is 1. The third kappa shape index (κ3) is 2.38. The van der Waals surface area contributed by atoms with Gasteiger partial charge in [0, 0.05) is 17.2 Å². The minimum absolute atomic E-state index is 0.0144. The molecule has 0 radical (unpaired) electrons. The molecule has 1 aromatic carbocycles. The first kappa shape index (κ1) is 18.2. The molecule has 4 atom stereocenters. The van der Waals surface area contributed by atoms with Crippen LogP contribution in [-0.4, -0.2) is 28.0 Å². The lowest BCUT2D eigenvalue weighted by Crippen LogP contribution is -2.30. The molecule has 1 aliphatic heterocycles. The Hall–Kier alpha value is -3.55. The summed E-state index contributed by atoms with van der Waals surface area (Å²) < 4.78 is 5.73. The molecule has 3 fully saturated rings. The van der Waals surface area contributed by atoms with Crippen molar-refractivity contribution < 1.29 is 18.9 Å². The summed E-state index contributed by atoms with van der Waals surface area (Å²) in [5, 5.41) is 16.3. The van der Waals surface area contributed by atoms with Gasteiger partial charge in [-0.1, -0.05) is 24.3 Å². The van der Waals surface area contributed by atoms with Crippen LogP contribution in [-0.2, 0) is 9.59 Å². The number of carbonyl (C=O) groups is 2. The number of amides is 2. The molecule has 2 heterocycles. The number of hydrazone groups is 1. The van der Waals surface area contributed by atoms with Gasteiger partial charge in [-0.25, -0.2) is 0 Å². The van der Waals surface area contributed by atoms with Gasteiger partial charge in [0.15, 0.2) is 0 Å². The van der Waals surface area contributed by atoms with Crippen molar-refractivity contribution in [1.29, 1.82) is 0 Å². The van der Waals surface area contributed by atoms with Crippen LogP contribution in [0.1, 0.15) is 24.2 Å². The number of hydrogen-bond donors (Lipinski definition) is 0. The second kappa shape index (κ2) is 6.00. The third-order valence-corrected chi connectivity index (χ3v) is 7.45. The first-order chi connectivity index (χ1) is 14.9. The first-order valence-electron chi connectivity index (χ1n) is 10.4. The summed E-state index contributed by atoms with van der Waals surface area (Å²) in [5.41, 5.74) is 1.30. The second-order valence-corrected chi connectivity index (χ2v) is 8.91. The maximum absolute atomic E-state index is 12.9. The van der Waals surface area contributed by atoms with Crippen molar-refractivity contribution in [3.05, 3.63) is 63.9 Å². The zero-order valence-electron chi connectivity index (χ0n) is 16.7. The summed E-state index contributed by atoms with van der Waals surface area (Å²) in [6.07, 6.45) is 7.79. The van der Waals surface area contributed by atoms with Gasteiger partial charge >= 0.3 is 0 Å². The van der Waals surface area contributed by atoms with Crippen LogP contribution >= 0.6 is 0 Å². The van der Waals surface area contributed by atoms with Gasteiger partial charge in [0.25, 0.3) is 17.5 Å². The minimum Gasteiger partial charge on any atom is -0.455 e. The van der Waals surface area contributed by atoms with Crippen LogP contribution in [0, 0.1) is 46.1 Å². The molecule has 2 saturated carbocycles. The van der Waals surface area contributed by atoms with Gasteiger partial charge in [-0.2, -0.15) is 10.1 Å². The molecular weight excluding hydrogens is 398 g/mol. The normalized spacial score (nSPS) is 29.5. The molecule has 156 valence electrons. The van der Waals surface area contributed by atoms with Gasteiger partial charge < -0.3 is 4.42 Å². The highest BCUT2D eigenvalue weighted by molar-refractivity contribution is 6.07. The van der Waals surface area contributed by atoms with Gasteiger partial charge in [0.05, 0.1) is 23.0 Å². The van der Waals surface area contributed by atoms with Gasteiger partial charge in [-0.3, -0.25) is 19.7 Å². The van der Waals surface area contributed by atoms with Crippen molar-refractivity contribution in [3.63, 3.8) is 0 Å². The van der Waals surface area contributed by atoms with E-state index in [1.807, 2.05) is 0 Å². The van der Waals surface area contributed by atoms with E-state index >= 15 is 0 Å². The summed E-state index contributed by atoms with van der Waals surface area (Å²) in [6, 6.07) is 8.20. The van der Waals surface area contributed by atoms with E-state index in [0.29, 0.717) is 22.6 Å². The lowest BCUT2D eigenvalue weighted by atomic mass is 9.85. The van der Waals surface area contributed by atoms with Crippen molar-refractivity contribution in [2.24, 2.45) is 34.2 Å². The topological polar surface area (TPSA) is 106 Å². The van der Waals surface area contributed by atoms with Crippen molar-refractivity contribution in [1.82, 2.24) is 5.01 Å². The number of nitrogens with zero attached hydrogens (tertiary/aromatic N) is 3. The van der Waals surface area contributed by atoms with Crippen LogP contribution < -0.4 is 0 Å². The van der Waals surface area contributed by atoms with E-state index in [4.69, 9.17) is 4.42 Å². The van der Waals surface area contributed by atoms with E-state index in [2.05, 4.69) is 17.3 Å². The summed E-state index contributed by atoms with van der Waals surface area (Å²) >= 11 is 0. The van der Waals surface area contributed by atoms with Gasteiger partial charge in [-0.05, 0) is 49.1 Å². The molecule has 1 aromatic heterocycles. The number of hydrogen-bond acceptors (Lipinski definition) is 6. The number of rotatable bonds is 4. The average Bonchev–Trinajstić information content (AvgIpc) is 3.03. The molecular formula is C23H19N3O5. The van der Waals surface area contributed by atoms with E-state index < -0.39 is 4.92 Å². The summed E-state index contributed by atoms with van der Waals surface area (Å²) in [7, 11) is 0. The van der Waals surface area contributed by atoms with Crippen LogP contribution in [0.15, 0.2) is 52.0 Å². The Morgan fingerprint density at radius 2 is 1.81 bits per heavy atom. The Bertz CT molecular complexity index is 1190. The Balaban J connectivity index is 1.23. The highest BCUT2D eigenvalue weighted by atomic mass is 16.6. The molecule has 3 aliphatic carbocycles. The summed E-state index contributed by atoms with van der Waals surface area (Å²) in [4.78, 5) is 36.6. The van der Waals surface area contributed by atoms with Crippen molar-refractivity contribution in [2.75, 3.05) is 0 Å². The molecule has 31 heavy (non-hydrogen) atoms. The van der Waals surface area contributed by atoms with Gasteiger partial charge in [-0.15, -0.1) is 0 Å². The SMILES string of the molecule is Cc1ccc(-c2ccc(/C=N\N3C(=O)[C@@H]4[C@H](C3=O)[C@H]3C=C[C@H]4C34CC4)o2)cc1[N+](=O)[O-]. The van der Waals surface area contributed by atoms with Gasteiger partial charge in [0.1, 0.15) is 11.5 Å². The van der Waals surface area contributed by atoms with E-state index in [1.54, 1.807) is 31.2 Å². The van der Waals surface area contributed by atoms with Crippen molar-refractivity contribution in [2.45, 2.75) is 19.8 Å². The second-order valence-electron chi connectivity index (χ2n) is 8.91. The molecule has 6 rings (SSSR count). The average molecular weight is 417 g/mol. The fourth-order valence-electron chi connectivity index (χ4n) is 5.83. The van der Waals surface area contributed by atoms with E-state index in [9.17, 15) is 19.7 Å². The third-order valence-electron chi connectivity index (χ3n) is 7.45. The highest BCUT2D eigenvalue weighted by Gasteiger charge is 2.73. The molecule has 4 aliphatic rings.